The van der Waals surface area contributed by atoms with Crippen molar-refractivity contribution in [3.8, 4) is 11.5 Å². The van der Waals surface area contributed by atoms with E-state index in [1.807, 2.05) is 12.1 Å². The molecule has 0 bridgehead atoms. The van der Waals surface area contributed by atoms with Crippen molar-refractivity contribution >= 4 is 5.96 Å². The zero-order chi connectivity index (χ0) is 20.6. The Hall–Kier alpha value is -3.12. The van der Waals surface area contributed by atoms with Crippen LogP contribution in [0.4, 0.5) is 0 Å². The monoisotopic (exact) mass is 391 g/mol. The highest BCUT2D eigenvalue weighted by atomic mass is 16.3. The largest absolute Gasteiger partial charge is 0.444 e. The van der Waals surface area contributed by atoms with Crippen LogP contribution in [0.25, 0.3) is 11.5 Å². The molecule has 3 rings (SSSR count). The number of guanidine groups is 1. The van der Waals surface area contributed by atoms with Crippen molar-refractivity contribution in [2.24, 2.45) is 4.99 Å². The Labute approximate surface area is 172 Å². The quantitative estimate of drug-likeness (QED) is 0.476. The Morgan fingerprint density at radius 1 is 1.00 bits per heavy atom. The summed E-state index contributed by atoms with van der Waals surface area (Å²) in [5.41, 5.74) is 5.58. The summed E-state index contributed by atoms with van der Waals surface area (Å²) in [7, 11) is 5.92. The minimum Gasteiger partial charge on any atom is -0.444 e. The normalized spacial score (nSPS) is 11.7. The molecule has 0 saturated carbocycles. The van der Waals surface area contributed by atoms with Crippen LogP contribution >= 0.6 is 0 Å². The molecule has 0 saturated heterocycles. The van der Waals surface area contributed by atoms with Gasteiger partial charge in [0.15, 0.2) is 5.96 Å². The highest BCUT2D eigenvalue weighted by Gasteiger charge is 2.08. The Bertz CT molecular complexity index is 944. The lowest BCUT2D eigenvalue weighted by Crippen LogP contribution is -2.36. The Morgan fingerprint density at radius 3 is 2.38 bits per heavy atom. The van der Waals surface area contributed by atoms with Crippen molar-refractivity contribution in [2.45, 2.75) is 26.6 Å². The maximum absolute atomic E-state index is 5.62. The van der Waals surface area contributed by atoms with Crippen molar-refractivity contribution in [1.82, 2.24) is 20.5 Å². The summed E-state index contributed by atoms with van der Waals surface area (Å²) >= 11 is 0. The van der Waals surface area contributed by atoms with Crippen LogP contribution in [0.3, 0.4) is 0 Å². The fourth-order valence-electron chi connectivity index (χ4n) is 3.02. The maximum Gasteiger partial charge on any atom is 0.226 e. The fraction of sp³-hybridized carbons (Fsp3) is 0.304. The number of benzene rings is 2. The molecule has 0 atom stereocenters. The van der Waals surface area contributed by atoms with Gasteiger partial charge in [0.1, 0.15) is 6.26 Å². The molecule has 29 heavy (non-hydrogen) atoms. The molecule has 2 N–H and O–H groups in total. The molecule has 1 aromatic heterocycles. The third-order valence-electron chi connectivity index (χ3n) is 4.56. The number of hydrogen-bond acceptors (Lipinski definition) is 4. The van der Waals surface area contributed by atoms with Gasteiger partial charge < -0.3 is 20.0 Å². The number of aryl methyl sites for hydroxylation is 1. The van der Waals surface area contributed by atoms with E-state index in [-0.39, 0.29) is 0 Å². The topological polar surface area (TPSA) is 65.7 Å². The van der Waals surface area contributed by atoms with Crippen molar-refractivity contribution in [3.63, 3.8) is 0 Å². The van der Waals surface area contributed by atoms with Gasteiger partial charge in [-0.05, 0) is 44.3 Å². The average molecular weight is 392 g/mol. The van der Waals surface area contributed by atoms with Crippen LogP contribution in [0.1, 0.15) is 22.4 Å². The minimum atomic E-state index is 0.536. The molecule has 6 nitrogen and oxygen atoms in total. The molecule has 0 fully saturated rings. The lowest BCUT2D eigenvalue weighted by Gasteiger charge is -2.16. The molecule has 0 aliphatic heterocycles. The van der Waals surface area contributed by atoms with Gasteiger partial charge in [-0.25, -0.2) is 4.98 Å². The second-order valence-corrected chi connectivity index (χ2v) is 7.30. The van der Waals surface area contributed by atoms with Gasteiger partial charge in [0, 0.05) is 25.7 Å². The van der Waals surface area contributed by atoms with E-state index in [4.69, 9.17) is 4.42 Å². The van der Waals surface area contributed by atoms with Crippen LogP contribution in [0.15, 0.2) is 64.2 Å². The third kappa shape index (κ3) is 5.93. The van der Waals surface area contributed by atoms with E-state index in [1.54, 1.807) is 13.3 Å². The fourth-order valence-corrected chi connectivity index (χ4v) is 3.02. The molecule has 3 aromatic rings. The number of nitrogens with one attached hydrogen (secondary N) is 2. The molecule has 0 amide bonds. The van der Waals surface area contributed by atoms with Crippen LogP contribution in [-0.4, -0.2) is 37.0 Å². The van der Waals surface area contributed by atoms with Crippen molar-refractivity contribution < 1.29 is 4.42 Å². The Balaban J connectivity index is 1.56. The summed E-state index contributed by atoms with van der Waals surface area (Å²) in [6.07, 6.45) is 1.68. The minimum absolute atomic E-state index is 0.536. The molecule has 6 heteroatoms. The van der Waals surface area contributed by atoms with Gasteiger partial charge in [-0.15, -0.1) is 0 Å². The summed E-state index contributed by atoms with van der Waals surface area (Å²) < 4.78 is 5.62. The van der Waals surface area contributed by atoms with E-state index < -0.39 is 0 Å². The first-order valence-electron chi connectivity index (χ1n) is 9.72. The van der Waals surface area contributed by atoms with E-state index in [0.29, 0.717) is 19.0 Å². The first-order valence-corrected chi connectivity index (χ1v) is 9.72. The maximum atomic E-state index is 5.62. The van der Waals surface area contributed by atoms with E-state index in [2.05, 4.69) is 82.9 Å². The molecule has 0 unspecified atom stereocenters. The van der Waals surface area contributed by atoms with Gasteiger partial charge in [0.2, 0.25) is 5.89 Å². The average Bonchev–Trinajstić information content (AvgIpc) is 3.18. The number of hydrogen-bond donors (Lipinski definition) is 2. The summed E-state index contributed by atoms with van der Waals surface area (Å²) in [4.78, 5) is 11.0. The molecule has 1 heterocycles. The lowest BCUT2D eigenvalue weighted by molar-refractivity contribution is 0.400. The van der Waals surface area contributed by atoms with Gasteiger partial charge in [-0.1, -0.05) is 42.0 Å². The first-order chi connectivity index (χ1) is 14.0. The number of aromatic nitrogens is 1. The van der Waals surface area contributed by atoms with Gasteiger partial charge in [0.25, 0.3) is 0 Å². The van der Waals surface area contributed by atoms with E-state index >= 15 is 0 Å². The Kier molecular flexibility index (Phi) is 7.03. The van der Waals surface area contributed by atoms with Crippen LogP contribution in [0, 0.1) is 6.92 Å². The van der Waals surface area contributed by atoms with E-state index in [1.165, 1.54) is 16.7 Å². The van der Waals surface area contributed by atoms with Gasteiger partial charge in [0.05, 0.1) is 12.2 Å². The second kappa shape index (κ2) is 9.89. The number of rotatable bonds is 7. The standard InChI is InChI=1S/C23H29N5O/c1-17-9-11-18(12-10-17)22-27-21(16-29-22)14-26-23(24-2)25-13-19-7-5-6-8-20(19)15-28(3)4/h5-12,16H,13-15H2,1-4H3,(H2,24,25,26). The van der Waals surface area contributed by atoms with Crippen LogP contribution in [-0.2, 0) is 19.6 Å². The van der Waals surface area contributed by atoms with Gasteiger partial charge >= 0.3 is 0 Å². The predicted molar refractivity (Wildman–Crippen MR) is 118 cm³/mol. The number of nitrogens with zero attached hydrogens (tertiary/aromatic N) is 3. The zero-order valence-electron chi connectivity index (χ0n) is 17.6. The highest BCUT2D eigenvalue weighted by Crippen LogP contribution is 2.19. The number of aliphatic imine (C=N–C) groups is 1. The Morgan fingerprint density at radius 2 is 1.69 bits per heavy atom. The van der Waals surface area contributed by atoms with Crippen molar-refractivity contribution in [2.75, 3.05) is 21.1 Å². The van der Waals surface area contributed by atoms with Gasteiger partial charge in [-0.3, -0.25) is 4.99 Å². The highest BCUT2D eigenvalue weighted by molar-refractivity contribution is 5.79. The number of oxazole rings is 1. The molecular weight excluding hydrogens is 362 g/mol. The summed E-state index contributed by atoms with van der Waals surface area (Å²) in [5.74, 6) is 1.35. The van der Waals surface area contributed by atoms with E-state index in [0.717, 1.165) is 23.8 Å². The van der Waals surface area contributed by atoms with Crippen molar-refractivity contribution in [3.05, 3.63) is 77.2 Å². The van der Waals surface area contributed by atoms with Crippen LogP contribution in [0.2, 0.25) is 0 Å². The molecule has 0 aliphatic rings. The van der Waals surface area contributed by atoms with Gasteiger partial charge in [-0.2, -0.15) is 0 Å². The smallest absolute Gasteiger partial charge is 0.226 e. The molecule has 0 spiro atoms. The summed E-state index contributed by atoms with van der Waals surface area (Å²) in [6, 6.07) is 16.6. The molecule has 2 aromatic carbocycles. The van der Waals surface area contributed by atoms with E-state index in [9.17, 15) is 0 Å². The SMILES string of the molecule is CN=C(NCc1coc(-c2ccc(C)cc2)n1)NCc1ccccc1CN(C)C. The lowest BCUT2D eigenvalue weighted by atomic mass is 10.1. The molecule has 152 valence electrons. The first kappa shape index (κ1) is 20.6. The van der Waals surface area contributed by atoms with Crippen LogP contribution in [0.5, 0.6) is 0 Å². The molecular formula is C23H29N5O. The zero-order valence-corrected chi connectivity index (χ0v) is 17.6. The molecule has 0 aliphatic carbocycles. The molecule has 0 radical (unpaired) electrons. The predicted octanol–water partition coefficient (Wildman–Crippen LogP) is 3.58. The summed E-state index contributed by atoms with van der Waals surface area (Å²) in [5, 5.41) is 6.67. The third-order valence-corrected chi connectivity index (χ3v) is 4.56. The summed E-state index contributed by atoms with van der Waals surface area (Å²) in [6.45, 7) is 4.21. The van der Waals surface area contributed by atoms with Crippen molar-refractivity contribution in [1.29, 1.82) is 0 Å². The van der Waals surface area contributed by atoms with Crippen LogP contribution < -0.4 is 10.6 Å². The second-order valence-electron chi connectivity index (χ2n) is 7.30.